The number of nitrogens with one attached hydrogen (secondary N) is 1. The van der Waals surface area contributed by atoms with Gasteiger partial charge in [0.25, 0.3) is 5.91 Å². The molecule has 0 aromatic carbocycles. The lowest BCUT2D eigenvalue weighted by Gasteiger charge is -2.54. The fourth-order valence-electron chi connectivity index (χ4n) is 5.72. The number of carbonyl (C=O) groups is 1. The molecule has 138 valence electrons. The van der Waals surface area contributed by atoms with Crippen molar-refractivity contribution in [1.82, 2.24) is 20.3 Å². The van der Waals surface area contributed by atoms with Crippen molar-refractivity contribution >= 4 is 17.5 Å². The SMILES string of the molecule is Cc1onc(C(=O)NC2C3CC4CC(C3)CC2C4)c1Cn1cc(Cl)cn1. The molecule has 6 nitrogen and oxygen atoms in total. The molecule has 0 atom stereocenters. The van der Waals surface area contributed by atoms with Crippen LogP contribution in [0.1, 0.15) is 53.9 Å². The van der Waals surface area contributed by atoms with E-state index < -0.39 is 0 Å². The zero-order chi connectivity index (χ0) is 17.8. The summed E-state index contributed by atoms with van der Waals surface area (Å²) in [6.45, 7) is 2.25. The number of amides is 1. The van der Waals surface area contributed by atoms with Crippen LogP contribution in [-0.4, -0.2) is 26.9 Å². The molecule has 0 radical (unpaired) electrons. The minimum atomic E-state index is -0.118. The molecule has 4 aliphatic carbocycles. The summed E-state index contributed by atoms with van der Waals surface area (Å²) in [6.07, 6.45) is 9.81. The Hall–Kier alpha value is -1.82. The molecule has 26 heavy (non-hydrogen) atoms. The maximum absolute atomic E-state index is 13.0. The van der Waals surface area contributed by atoms with E-state index in [-0.39, 0.29) is 5.91 Å². The predicted molar refractivity (Wildman–Crippen MR) is 95.9 cm³/mol. The van der Waals surface area contributed by atoms with Gasteiger partial charge in [0.15, 0.2) is 5.69 Å². The van der Waals surface area contributed by atoms with E-state index in [9.17, 15) is 4.79 Å². The molecule has 1 N–H and O–H groups in total. The van der Waals surface area contributed by atoms with E-state index >= 15 is 0 Å². The number of halogens is 1. The summed E-state index contributed by atoms with van der Waals surface area (Å²) in [5.74, 6) is 3.58. The topological polar surface area (TPSA) is 73.0 Å². The van der Waals surface area contributed by atoms with Crippen molar-refractivity contribution < 1.29 is 9.32 Å². The van der Waals surface area contributed by atoms with Crippen molar-refractivity contribution in [1.29, 1.82) is 0 Å². The number of hydrogen-bond acceptors (Lipinski definition) is 4. The van der Waals surface area contributed by atoms with Gasteiger partial charge in [-0.25, -0.2) is 0 Å². The highest BCUT2D eigenvalue weighted by Crippen LogP contribution is 2.53. The average molecular weight is 375 g/mol. The molecule has 0 saturated heterocycles. The van der Waals surface area contributed by atoms with Gasteiger partial charge in [0, 0.05) is 17.8 Å². The summed E-state index contributed by atoms with van der Waals surface area (Å²) >= 11 is 5.94. The Kier molecular flexibility index (Phi) is 3.85. The van der Waals surface area contributed by atoms with Gasteiger partial charge in [-0.1, -0.05) is 16.8 Å². The molecule has 0 aliphatic heterocycles. The molecule has 1 amide bonds. The second-order valence-corrected chi connectivity index (χ2v) is 8.79. The molecule has 2 heterocycles. The van der Waals surface area contributed by atoms with Gasteiger partial charge in [0.2, 0.25) is 0 Å². The molecule has 2 aromatic rings. The third kappa shape index (κ3) is 2.75. The second-order valence-electron chi connectivity index (χ2n) is 8.35. The third-order valence-corrected chi connectivity index (χ3v) is 6.84. The van der Waals surface area contributed by atoms with Gasteiger partial charge < -0.3 is 9.84 Å². The fourth-order valence-corrected chi connectivity index (χ4v) is 5.88. The van der Waals surface area contributed by atoms with E-state index in [0.29, 0.717) is 40.9 Å². The Bertz CT molecular complexity index is 814. The van der Waals surface area contributed by atoms with Gasteiger partial charge in [-0.15, -0.1) is 0 Å². The molecule has 0 spiro atoms. The van der Waals surface area contributed by atoms with Gasteiger partial charge in [0.05, 0.1) is 17.8 Å². The van der Waals surface area contributed by atoms with E-state index in [1.54, 1.807) is 17.1 Å². The minimum absolute atomic E-state index is 0.118. The second kappa shape index (κ2) is 6.12. The van der Waals surface area contributed by atoms with E-state index in [0.717, 1.165) is 17.4 Å². The first kappa shape index (κ1) is 16.4. The summed E-state index contributed by atoms with van der Waals surface area (Å²) in [5, 5.41) is 12.1. The Balaban J connectivity index is 1.35. The average Bonchev–Trinajstić information content (AvgIpc) is 3.17. The lowest BCUT2D eigenvalue weighted by Crippen LogP contribution is -2.55. The number of carbonyl (C=O) groups excluding carboxylic acids is 1. The lowest BCUT2D eigenvalue weighted by atomic mass is 9.54. The van der Waals surface area contributed by atoms with Crippen molar-refractivity contribution in [2.75, 3.05) is 0 Å². The van der Waals surface area contributed by atoms with Gasteiger partial charge in [-0.3, -0.25) is 9.48 Å². The van der Waals surface area contributed by atoms with Crippen molar-refractivity contribution in [3.05, 3.63) is 34.4 Å². The largest absolute Gasteiger partial charge is 0.361 e. The fraction of sp³-hybridized carbons (Fsp3) is 0.632. The van der Waals surface area contributed by atoms with Crippen molar-refractivity contribution in [3.8, 4) is 0 Å². The van der Waals surface area contributed by atoms with E-state index in [4.69, 9.17) is 16.1 Å². The summed E-state index contributed by atoms with van der Waals surface area (Å²) in [6, 6.07) is 0.291. The number of rotatable bonds is 4. The first-order valence-corrected chi connectivity index (χ1v) is 9.88. The van der Waals surface area contributed by atoms with Gasteiger partial charge in [-0.2, -0.15) is 5.10 Å². The maximum atomic E-state index is 13.0. The summed E-state index contributed by atoms with van der Waals surface area (Å²) in [5.41, 5.74) is 1.15. The molecule has 7 heteroatoms. The first-order valence-electron chi connectivity index (χ1n) is 9.50. The molecular weight excluding hydrogens is 352 g/mol. The van der Waals surface area contributed by atoms with E-state index in [1.165, 1.54) is 32.1 Å². The van der Waals surface area contributed by atoms with Crippen LogP contribution >= 0.6 is 11.6 Å². The van der Waals surface area contributed by atoms with E-state index in [2.05, 4.69) is 15.6 Å². The first-order chi connectivity index (χ1) is 12.6. The van der Waals surface area contributed by atoms with Crippen LogP contribution in [0.2, 0.25) is 5.02 Å². The monoisotopic (exact) mass is 374 g/mol. The normalized spacial score (nSPS) is 32.2. The number of aryl methyl sites for hydroxylation is 1. The predicted octanol–water partition coefficient (Wildman–Crippen LogP) is 3.44. The summed E-state index contributed by atoms with van der Waals surface area (Å²) in [4.78, 5) is 13.0. The third-order valence-electron chi connectivity index (χ3n) is 6.65. The Labute approximate surface area is 157 Å². The van der Waals surface area contributed by atoms with Crippen LogP contribution in [-0.2, 0) is 6.54 Å². The minimum Gasteiger partial charge on any atom is -0.361 e. The van der Waals surface area contributed by atoms with E-state index in [1.807, 2.05) is 6.92 Å². The molecule has 2 aromatic heterocycles. The highest BCUT2D eigenvalue weighted by atomic mass is 35.5. The van der Waals surface area contributed by atoms with Crippen LogP contribution < -0.4 is 5.32 Å². The Morgan fingerprint density at radius 1 is 1.27 bits per heavy atom. The Morgan fingerprint density at radius 3 is 2.58 bits per heavy atom. The van der Waals surface area contributed by atoms with Crippen LogP contribution in [0.5, 0.6) is 0 Å². The van der Waals surface area contributed by atoms with Crippen LogP contribution in [0.25, 0.3) is 0 Å². The molecule has 4 fully saturated rings. The van der Waals surface area contributed by atoms with Crippen LogP contribution in [0.3, 0.4) is 0 Å². The molecule has 0 unspecified atom stereocenters. The number of hydrogen-bond donors (Lipinski definition) is 1. The highest BCUT2D eigenvalue weighted by Gasteiger charge is 2.48. The molecule has 4 bridgehead atoms. The summed E-state index contributed by atoms with van der Waals surface area (Å²) in [7, 11) is 0. The Morgan fingerprint density at radius 2 is 1.96 bits per heavy atom. The zero-order valence-corrected chi connectivity index (χ0v) is 15.6. The van der Waals surface area contributed by atoms with Gasteiger partial charge in [-0.05, 0) is 62.7 Å². The van der Waals surface area contributed by atoms with Crippen LogP contribution in [0.15, 0.2) is 16.9 Å². The van der Waals surface area contributed by atoms with Crippen LogP contribution in [0, 0.1) is 30.6 Å². The quantitative estimate of drug-likeness (QED) is 0.889. The smallest absolute Gasteiger partial charge is 0.274 e. The maximum Gasteiger partial charge on any atom is 0.274 e. The van der Waals surface area contributed by atoms with Gasteiger partial charge in [0.1, 0.15) is 5.76 Å². The number of nitrogens with zero attached hydrogens (tertiary/aromatic N) is 3. The van der Waals surface area contributed by atoms with Crippen molar-refractivity contribution in [3.63, 3.8) is 0 Å². The zero-order valence-electron chi connectivity index (χ0n) is 14.8. The molecular formula is C19H23ClN4O2. The molecule has 4 aliphatic rings. The van der Waals surface area contributed by atoms with Gasteiger partial charge >= 0.3 is 0 Å². The molecule has 4 saturated carbocycles. The lowest BCUT2D eigenvalue weighted by molar-refractivity contribution is -0.0120. The standard InChI is InChI=1S/C19H23ClN4O2/c1-10-16(9-24-8-15(20)7-21-24)18(23-26-10)19(25)22-17-13-3-11-2-12(5-13)6-14(17)4-11/h7-8,11-14,17H,2-6,9H2,1H3,(H,22,25). The summed E-state index contributed by atoms with van der Waals surface area (Å²) < 4.78 is 7.01. The van der Waals surface area contributed by atoms with Crippen molar-refractivity contribution in [2.45, 2.75) is 51.6 Å². The number of aromatic nitrogens is 3. The highest BCUT2D eigenvalue weighted by molar-refractivity contribution is 6.30. The molecule has 6 rings (SSSR count). The van der Waals surface area contributed by atoms with Crippen molar-refractivity contribution in [2.24, 2.45) is 23.7 Å². The van der Waals surface area contributed by atoms with Crippen LogP contribution in [0.4, 0.5) is 0 Å².